The van der Waals surface area contributed by atoms with Crippen LogP contribution in [0.15, 0.2) is 65.1 Å². The predicted octanol–water partition coefficient (Wildman–Crippen LogP) is 5.60. The predicted molar refractivity (Wildman–Crippen MR) is 90.1 cm³/mol. The molecular weight excluding hydrogens is 331 g/mol. The first-order chi connectivity index (χ1) is 11.6. The third-order valence-corrected chi connectivity index (χ3v) is 4.04. The zero-order chi connectivity index (χ0) is 16.7. The highest BCUT2D eigenvalue weighted by molar-refractivity contribution is 6.33. The van der Waals surface area contributed by atoms with Crippen molar-refractivity contribution < 1.29 is 18.3 Å². The van der Waals surface area contributed by atoms with Crippen LogP contribution < -0.4 is 4.74 Å². The van der Waals surface area contributed by atoms with E-state index in [2.05, 4.69) is 0 Å². The average Bonchev–Trinajstić information content (AvgIpc) is 2.93. The maximum atomic E-state index is 13.8. The molecule has 4 aromatic rings. The Kier molecular flexibility index (Phi) is 3.47. The highest BCUT2D eigenvalue weighted by Gasteiger charge is 2.18. The Morgan fingerprint density at radius 1 is 0.958 bits per heavy atom. The summed E-state index contributed by atoms with van der Waals surface area (Å²) >= 11 is 5.89. The minimum Gasteiger partial charge on any atom is -0.456 e. The zero-order valence-electron chi connectivity index (χ0n) is 12.3. The molecule has 0 radical (unpaired) electrons. The molecule has 1 heterocycles. The maximum Gasteiger partial charge on any atom is 0.348 e. The van der Waals surface area contributed by atoms with Crippen molar-refractivity contribution >= 4 is 39.5 Å². The number of halogens is 2. The van der Waals surface area contributed by atoms with E-state index >= 15 is 0 Å². The summed E-state index contributed by atoms with van der Waals surface area (Å²) in [6, 6.07) is 16.6. The molecule has 0 bridgehead atoms. The van der Waals surface area contributed by atoms with Crippen LogP contribution in [0, 0.1) is 5.82 Å². The second-order valence-corrected chi connectivity index (χ2v) is 5.65. The minimum absolute atomic E-state index is 0.00911. The molecule has 3 aromatic carbocycles. The largest absolute Gasteiger partial charge is 0.456 e. The number of fused-ring (bicyclic) bond motifs is 3. The van der Waals surface area contributed by atoms with Gasteiger partial charge in [0, 0.05) is 10.8 Å². The normalized spacial score (nSPS) is 11.1. The van der Waals surface area contributed by atoms with Crippen LogP contribution in [0.3, 0.4) is 0 Å². The van der Waals surface area contributed by atoms with E-state index in [9.17, 15) is 9.18 Å². The first-order valence-electron chi connectivity index (χ1n) is 7.21. The Hall–Kier alpha value is -2.85. The van der Waals surface area contributed by atoms with Gasteiger partial charge in [0.25, 0.3) is 0 Å². The Labute approximate surface area is 141 Å². The molecule has 5 heteroatoms. The lowest BCUT2D eigenvalue weighted by Crippen LogP contribution is -2.11. The quantitative estimate of drug-likeness (QED) is 0.352. The van der Waals surface area contributed by atoms with Crippen molar-refractivity contribution in [2.75, 3.05) is 0 Å². The molecule has 3 nitrogen and oxygen atoms in total. The number of para-hydroxylation sites is 1. The fourth-order valence-corrected chi connectivity index (χ4v) is 2.86. The van der Waals surface area contributed by atoms with Crippen LogP contribution in [0.2, 0.25) is 5.02 Å². The van der Waals surface area contributed by atoms with Gasteiger partial charge in [-0.15, -0.1) is 0 Å². The third kappa shape index (κ3) is 2.41. The summed E-state index contributed by atoms with van der Waals surface area (Å²) in [4.78, 5) is 12.2. The summed E-state index contributed by atoms with van der Waals surface area (Å²) in [5.74, 6) is -1.27. The van der Waals surface area contributed by atoms with Gasteiger partial charge in [-0.05, 0) is 36.4 Å². The molecule has 118 valence electrons. The van der Waals surface area contributed by atoms with Crippen LogP contribution >= 0.6 is 11.6 Å². The van der Waals surface area contributed by atoms with Gasteiger partial charge < -0.3 is 9.15 Å². The van der Waals surface area contributed by atoms with E-state index in [1.807, 2.05) is 24.3 Å². The number of hydrogen-bond acceptors (Lipinski definition) is 3. The zero-order valence-corrected chi connectivity index (χ0v) is 13.0. The van der Waals surface area contributed by atoms with E-state index < -0.39 is 11.8 Å². The topological polar surface area (TPSA) is 39.4 Å². The second kappa shape index (κ2) is 5.65. The van der Waals surface area contributed by atoms with Crippen molar-refractivity contribution in [1.82, 2.24) is 0 Å². The van der Waals surface area contributed by atoms with Gasteiger partial charge in [0.05, 0.1) is 5.02 Å². The SMILES string of the molecule is O=C(Oc1ccc2oc3ccccc3c2c1)c1c(F)cccc1Cl. The molecule has 0 N–H and O–H groups in total. The van der Waals surface area contributed by atoms with E-state index in [1.54, 1.807) is 18.2 Å². The van der Waals surface area contributed by atoms with E-state index in [-0.39, 0.29) is 10.6 Å². The van der Waals surface area contributed by atoms with Crippen LogP contribution in [0.25, 0.3) is 21.9 Å². The van der Waals surface area contributed by atoms with E-state index in [0.29, 0.717) is 11.3 Å². The molecule has 0 aliphatic heterocycles. The molecule has 1 aromatic heterocycles. The fraction of sp³-hybridized carbons (Fsp3) is 0. The molecule has 0 atom stereocenters. The third-order valence-electron chi connectivity index (χ3n) is 3.73. The van der Waals surface area contributed by atoms with Crippen LogP contribution in [0.1, 0.15) is 10.4 Å². The lowest BCUT2D eigenvalue weighted by molar-refractivity contribution is 0.0730. The molecule has 4 rings (SSSR count). The molecule has 24 heavy (non-hydrogen) atoms. The van der Waals surface area contributed by atoms with Gasteiger partial charge in [0.15, 0.2) is 0 Å². The van der Waals surface area contributed by atoms with Gasteiger partial charge in [-0.1, -0.05) is 35.9 Å². The smallest absolute Gasteiger partial charge is 0.348 e. The molecule has 0 saturated heterocycles. The van der Waals surface area contributed by atoms with Crippen molar-refractivity contribution in [2.45, 2.75) is 0 Å². The number of rotatable bonds is 2. The van der Waals surface area contributed by atoms with Crippen LogP contribution in [-0.2, 0) is 0 Å². The first kappa shape index (κ1) is 14.7. The molecule has 0 aliphatic carbocycles. The van der Waals surface area contributed by atoms with Crippen molar-refractivity contribution in [3.8, 4) is 5.75 Å². The Morgan fingerprint density at radius 2 is 1.75 bits per heavy atom. The fourth-order valence-electron chi connectivity index (χ4n) is 2.62. The van der Waals surface area contributed by atoms with Gasteiger partial charge in [-0.2, -0.15) is 0 Å². The van der Waals surface area contributed by atoms with E-state index in [1.165, 1.54) is 12.1 Å². The molecule has 0 amide bonds. The number of esters is 1. The summed E-state index contributed by atoms with van der Waals surface area (Å²) in [5.41, 5.74) is 1.14. The lowest BCUT2D eigenvalue weighted by atomic mass is 10.1. The summed E-state index contributed by atoms with van der Waals surface area (Å²) in [7, 11) is 0. The van der Waals surface area contributed by atoms with Gasteiger partial charge in [0.1, 0.15) is 28.3 Å². The minimum atomic E-state index is -0.842. The Balaban J connectivity index is 1.74. The van der Waals surface area contributed by atoms with Gasteiger partial charge in [-0.25, -0.2) is 9.18 Å². The van der Waals surface area contributed by atoms with Gasteiger partial charge in [0.2, 0.25) is 0 Å². The molecular formula is C19H10ClFO3. The molecule has 0 saturated carbocycles. The number of furan rings is 1. The highest BCUT2D eigenvalue weighted by Crippen LogP contribution is 2.31. The number of carbonyl (C=O) groups excluding carboxylic acids is 1. The van der Waals surface area contributed by atoms with Crippen molar-refractivity contribution in [2.24, 2.45) is 0 Å². The average molecular weight is 341 g/mol. The van der Waals surface area contributed by atoms with Crippen molar-refractivity contribution in [1.29, 1.82) is 0 Å². The Bertz CT molecular complexity index is 1060. The molecule has 0 fully saturated rings. The van der Waals surface area contributed by atoms with E-state index in [0.717, 1.165) is 22.4 Å². The lowest BCUT2D eigenvalue weighted by Gasteiger charge is -2.06. The number of benzene rings is 3. The number of carbonyl (C=O) groups is 1. The monoisotopic (exact) mass is 340 g/mol. The molecule has 0 unspecified atom stereocenters. The molecule has 0 aliphatic rings. The van der Waals surface area contributed by atoms with Crippen LogP contribution in [0.5, 0.6) is 5.75 Å². The number of hydrogen-bond donors (Lipinski definition) is 0. The summed E-state index contributed by atoms with van der Waals surface area (Å²) in [5, 5.41) is 1.74. The van der Waals surface area contributed by atoms with Crippen LogP contribution in [-0.4, -0.2) is 5.97 Å². The Morgan fingerprint density at radius 3 is 2.58 bits per heavy atom. The maximum absolute atomic E-state index is 13.8. The highest BCUT2D eigenvalue weighted by atomic mass is 35.5. The number of ether oxygens (including phenoxy) is 1. The summed E-state index contributed by atoms with van der Waals surface area (Å²) in [6.45, 7) is 0. The van der Waals surface area contributed by atoms with Gasteiger partial charge >= 0.3 is 5.97 Å². The van der Waals surface area contributed by atoms with Gasteiger partial charge in [-0.3, -0.25) is 0 Å². The van der Waals surface area contributed by atoms with E-state index in [4.69, 9.17) is 20.8 Å². The summed E-state index contributed by atoms with van der Waals surface area (Å²) in [6.07, 6.45) is 0. The van der Waals surface area contributed by atoms with Crippen molar-refractivity contribution in [3.05, 3.63) is 77.1 Å². The van der Waals surface area contributed by atoms with Crippen molar-refractivity contribution in [3.63, 3.8) is 0 Å². The standard InChI is InChI=1S/C19H10ClFO3/c20-14-5-3-6-15(21)18(14)19(22)23-11-8-9-17-13(10-11)12-4-1-2-7-16(12)24-17/h1-10H. The molecule has 0 spiro atoms. The summed E-state index contributed by atoms with van der Waals surface area (Å²) < 4.78 is 24.8. The second-order valence-electron chi connectivity index (χ2n) is 5.24. The van der Waals surface area contributed by atoms with Crippen LogP contribution in [0.4, 0.5) is 4.39 Å². The first-order valence-corrected chi connectivity index (χ1v) is 7.59.